The van der Waals surface area contributed by atoms with Gasteiger partial charge in [-0.05, 0) is 122 Å². The van der Waals surface area contributed by atoms with E-state index in [0.29, 0.717) is 17.4 Å². The van der Waals surface area contributed by atoms with E-state index in [0.717, 1.165) is 154 Å². The number of carbonyl (C=O) groups is 3. The van der Waals surface area contributed by atoms with Crippen molar-refractivity contribution < 1.29 is 42.9 Å². The van der Waals surface area contributed by atoms with Crippen LogP contribution in [0.4, 0.5) is 0 Å². The average molecular weight is 1100 g/mol. The summed E-state index contributed by atoms with van der Waals surface area (Å²) >= 11 is 0. The summed E-state index contributed by atoms with van der Waals surface area (Å²) in [6.07, 6.45) is 84.7. The number of carboxylic acids is 1. The van der Waals surface area contributed by atoms with Gasteiger partial charge in [0.1, 0.15) is 13.2 Å². The summed E-state index contributed by atoms with van der Waals surface area (Å²) in [5.74, 6) is -2.06. The van der Waals surface area contributed by atoms with Crippen molar-refractivity contribution >= 4 is 17.9 Å². The zero-order valence-corrected chi connectivity index (χ0v) is 50.5. The maximum atomic E-state index is 12.9. The van der Waals surface area contributed by atoms with E-state index in [2.05, 4.69) is 172 Å². The third kappa shape index (κ3) is 60.4. The Morgan fingerprint density at radius 1 is 0.380 bits per heavy atom. The number of quaternary nitrogens is 1. The van der Waals surface area contributed by atoms with Gasteiger partial charge in [0.05, 0.1) is 34.4 Å². The topological polar surface area (TPSA) is 108 Å². The molecule has 444 valence electrons. The summed E-state index contributed by atoms with van der Waals surface area (Å²) < 4.78 is 22.9. The highest BCUT2D eigenvalue weighted by atomic mass is 16.7. The molecule has 0 fully saturated rings. The van der Waals surface area contributed by atoms with Gasteiger partial charge in [-0.25, -0.2) is 4.79 Å². The molecule has 0 heterocycles. The number of unbranched alkanes of at least 4 members (excludes halogenated alkanes) is 13. The lowest BCUT2D eigenvalue weighted by Gasteiger charge is -2.25. The molecular formula is C70H112NO8+. The van der Waals surface area contributed by atoms with E-state index in [1.54, 1.807) is 0 Å². The van der Waals surface area contributed by atoms with E-state index in [-0.39, 0.29) is 38.6 Å². The summed E-state index contributed by atoms with van der Waals surface area (Å²) in [5.41, 5.74) is 0. The Kier molecular flexibility index (Phi) is 55.2. The van der Waals surface area contributed by atoms with Crippen LogP contribution in [0, 0.1) is 0 Å². The van der Waals surface area contributed by atoms with E-state index in [4.69, 9.17) is 18.9 Å². The Morgan fingerprint density at radius 3 is 1.01 bits per heavy atom. The van der Waals surface area contributed by atoms with E-state index < -0.39 is 24.3 Å². The number of esters is 2. The minimum atomic E-state index is -1.53. The molecule has 0 aromatic carbocycles. The van der Waals surface area contributed by atoms with Crippen molar-refractivity contribution in [3.63, 3.8) is 0 Å². The summed E-state index contributed by atoms with van der Waals surface area (Å²) in [4.78, 5) is 37.5. The summed E-state index contributed by atoms with van der Waals surface area (Å²) in [5, 5.41) is 9.71. The molecule has 0 saturated heterocycles. The van der Waals surface area contributed by atoms with Gasteiger partial charge in [0.25, 0.3) is 6.29 Å². The van der Waals surface area contributed by atoms with Gasteiger partial charge in [-0.15, -0.1) is 0 Å². The molecule has 79 heavy (non-hydrogen) atoms. The number of allylic oxidation sites excluding steroid dienone is 26. The number of aliphatic carboxylic acids is 1. The highest BCUT2D eigenvalue weighted by Crippen LogP contribution is 2.14. The van der Waals surface area contributed by atoms with Crippen molar-refractivity contribution in [3.8, 4) is 0 Å². The first-order valence-electron chi connectivity index (χ1n) is 30.6. The van der Waals surface area contributed by atoms with E-state index in [1.165, 1.54) is 19.3 Å². The maximum Gasteiger partial charge on any atom is 0.361 e. The normalized spacial score (nSPS) is 13.9. The molecule has 9 heteroatoms. The smallest absolute Gasteiger partial charge is 0.361 e. The van der Waals surface area contributed by atoms with Crippen molar-refractivity contribution in [1.29, 1.82) is 0 Å². The van der Waals surface area contributed by atoms with Crippen LogP contribution in [-0.4, -0.2) is 87.4 Å². The first-order chi connectivity index (χ1) is 38.6. The predicted molar refractivity (Wildman–Crippen MR) is 336 cm³/mol. The molecule has 9 nitrogen and oxygen atoms in total. The Bertz CT molecular complexity index is 1850. The minimum absolute atomic E-state index is 0.173. The fourth-order valence-electron chi connectivity index (χ4n) is 7.64. The van der Waals surface area contributed by atoms with Crippen LogP contribution in [-0.2, 0) is 33.3 Å². The monoisotopic (exact) mass is 1090 g/mol. The zero-order chi connectivity index (χ0) is 57.6. The second kappa shape index (κ2) is 59.0. The minimum Gasteiger partial charge on any atom is -0.477 e. The number of rotatable bonds is 54. The van der Waals surface area contributed by atoms with Gasteiger partial charge < -0.3 is 28.5 Å². The van der Waals surface area contributed by atoms with Crippen molar-refractivity contribution in [1.82, 2.24) is 0 Å². The number of carbonyl (C=O) groups excluding carboxylic acids is 2. The number of hydrogen-bond acceptors (Lipinski definition) is 7. The third-order valence-corrected chi connectivity index (χ3v) is 12.3. The van der Waals surface area contributed by atoms with Crippen LogP contribution in [0.15, 0.2) is 158 Å². The standard InChI is InChI=1S/C70H111NO8/c1-6-8-10-12-14-16-18-20-22-24-26-27-28-29-30-31-32-33-34-35-36-37-38-39-40-41-43-45-47-49-51-53-55-57-59-61-68(73)79-66(65-78-70(69(74)75)76-63-62-71(3,4)5)64-77-67(72)60-58-56-54-52-50-48-46-44-42-25-23-21-19-17-15-13-11-9-7-2/h8-11,14-17,20-23,26-27,29-30,32-33,35-36,38-39,41-44,66,70H,6-7,12-13,18-19,24-25,28,31,34,37,40,45-65H2,1-5H3/p+1/b10-8-,11-9-,16-14-,17-15-,22-20-,23-21-,27-26-,30-29-,33-32-,36-35-,39-38-,43-41-,44-42-. The number of likely N-dealkylation sites (N-methyl/N-ethyl adjacent to an activating group) is 1. The molecule has 0 rings (SSSR count). The largest absolute Gasteiger partial charge is 0.477 e. The van der Waals surface area contributed by atoms with Crippen molar-refractivity contribution in [2.45, 2.75) is 219 Å². The Labute approximate surface area is 483 Å². The Balaban J connectivity index is 4.29. The lowest BCUT2D eigenvalue weighted by Crippen LogP contribution is -2.40. The van der Waals surface area contributed by atoms with Gasteiger partial charge in [0.2, 0.25) is 0 Å². The number of ether oxygens (including phenoxy) is 4. The van der Waals surface area contributed by atoms with Crippen LogP contribution >= 0.6 is 0 Å². The van der Waals surface area contributed by atoms with Crippen LogP contribution in [0.5, 0.6) is 0 Å². The van der Waals surface area contributed by atoms with Crippen molar-refractivity contribution in [2.24, 2.45) is 0 Å². The molecule has 0 aromatic heterocycles. The molecule has 0 bridgehead atoms. The summed E-state index contributed by atoms with van der Waals surface area (Å²) in [6, 6.07) is 0. The maximum absolute atomic E-state index is 12.9. The van der Waals surface area contributed by atoms with Crippen molar-refractivity contribution in [2.75, 3.05) is 47.5 Å². The van der Waals surface area contributed by atoms with Gasteiger partial charge >= 0.3 is 17.9 Å². The Hall–Kier alpha value is -5.09. The average Bonchev–Trinajstić information content (AvgIpc) is 3.42. The predicted octanol–water partition coefficient (Wildman–Crippen LogP) is 18.6. The second-order valence-electron chi connectivity index (χ2n) is 20.9. The van der Waals surface area contributed by atoms with Gasteiger partial charge in [-0.2, -0.15) is 0 Å². The molecule has 0 radical (unpaired) electrons. The van der Waals surface area contributed by atoms with Gasteiger partial charge in [0.15, 0.2) is 6.10 Å². The Morgan fingerprint density at radius 2 is 0.684 bits per heavy atom. The second-order valence-corrected chi connectivity index (χ2v) is 20.9. The molecule has 0 aliphatic carbocycles. The number of carboxylic acid groups (broad SMARTS) is 1. The fraction of sp³-hybridized carbons (Fsp3) is 0.586. The molecule has 2 unspecified atom stereocenters. The highest BCUT2D eigenvalue weighted by molar-refractivity contribution is 5.71. The number of hydrogen-bond donors (Lipinski definition) is 1. The number of nitrogens with zero attached hydrogens (tertiary/aromatic N) is 1. The lowest BCUT2D eigenvalue weighted by molar-refractivity contribution is -0.870. The first-order valence-corrected chi connectivity index (χ1v) is 30.6. The van der Waals surface area contributed by atoms with Crippen LogP contribution < -0.4 is 0 Å². The molecule has 1 N–H and O–H groups in total. The van der Waals surface area contributed by atoms with Gasteiger partial charge in [-0.3, -0.25) is 9.59 Å². The summed E-state index contributed by atoms with van der Waals surface area (Å²) in [7, 11) is 5.95. The first kappa shape index (κ1) is 73.9. The molecule has 0 aliphatic rings. The van der Waals surface area contributed by atoms with E-state index in [1.807, 2.05) is 21.1 Å². The van der Waals surface area contributed by atoms with Gasteiger partial charge in [-0.1, -0.05) is 230 Å². The summed E-state index contributed by atoms with van der Waals surface area (Å²) in [6.45, 7) is 4.59. The lowest BCUT2D eigenvalue weighted by atomic mass is 10.1. The molecule has 0 saturated carbocycles. The molecule has 0 amide bonds. The molecule has 0 aromatic rings. The third-order valence-electron chi connectivity index (χ3n) is 12.3. The van der Waals surface area contributed by atoms with Crippen LogP contribution in [0.2, 0.25) is 0 Å². The fourth-order valence-corrected chi connectivity index (χ4v) is 7.64. The van der Waals surface area contributed by atoms with Crippen LogP contribution in [0.25, 0.3) is 0 Å². The molecular weight excluding hydrogens is 983 g/mol. The zero-order valence-electron chi connectivity index (χ0n) is 50.5. The van der Waals surface area contributed by atoms with E-state index >= 15 is 0 Å². The highest BCUT2D eigenvalue weighted by Gasteiger charge is 2.25. The molecule has 0 aliphatic heterocycles. The van der Waals surface area contributed by atoms with Crippen molar-refractivity contribution in [3.05, 3.63) is 158 Å². The quantitative estimate of drug-likeness (QED) is 0.0211. The molecule has 2 atom stereocenters. The van der Waals surface area contributed by atoms with Crippen LogP contribution in [0.1, 0.15) is 206 Å². The SMILES string of the molecule is CC/C=C\C/C=C\C/C=C\C/C=C\C/C=C\C/C=C\C/C=C\C/C=C\C/C=C\CCCCCCCCCC(=O)OC(COC(=O)CCCCCCCC/C=C\C/C=C\C/C=C\C/C=C\CC)COC(OCC[N+](C)(C)C)C(=O)O. The van der Waals surface area contributed by atoms with Crippen LogP contribution in [0.3, 0.4) is 0 Å². The van der Waals surface area contributed by atoms with Gasteiger partial charge in [0, 0.05) is 12.8 Å². The van der Waals surface area contributed by atoms with E-state index in [9.17, 15) is 19.5 Å². The molecule has 0 spiro atoms.